The number of alkyl halides is 6. The van der Waals surface area contributed by atoms with Gasteiger partial charge in [0, 0.05) is 6.42 Å². The molecule has 1 unspecified atom stereocenters. The van der Waals surface area contributed by atoms with Gasteiger partial charge < -0.3 is 18.9 Å². The summed E-state index contributed by atoms with van der Waals surface area (Å²) in [6.07, 6.45) is -11.4. The molecule has 0 fully saturated rings. The van der Waals surface area contributed by atoms with Gasteiger partial charge in [-0.2, -0.15) is 26.3 Å². The highest BCUT2D eigenvalue weighted by atomic mass is 79.9. The van der Waals surface area contributed by atoms with Gasteiger partial charge in [-0.05, 0) is 61.2 Å². The van der Waals surface area contributed by atoms with Crippen LogP contribution in [0.25, 0.3) is 0 Å². The number of hydrogen-bond acceptors (Lipinski definition) is 8. The predicted octanol–water partition coefficient (Wildman–Crippen LogP) is 6.50. The summed E-state index contributed by atoms with van der Waals surface area (Å²) in [5, 5.41) is 1.97. The van der Waals surface area contributed by atoms with E-state index in [0.29, 0.717) is 11.6 Å². The first-order chi connectivity index (χ1) is 21.3. The van der Waals surface area contributed by atoms with Crippen LogP contribution >= 0.6 is 15.9 Å². The second-order valence-electron chi connectivity index (χ2n) is 10.7. The number of nitrogens with zero attached hydrogens (tertiary/aromatic N) is 1. The quantitative estimate of drug-likeness (QED) is 0.143. The van der Waals surface area contributed by atoms with Crippen molar-refractivity contribution in [3.05, 3.63) is 70.3 Å². The molecule has 2 heterocycles. The first-order valence-electron chi connectivity index (χ1n) is 13.4. The average Bonchev–Trinajstić information content (AvgIpc) is 3.46. The normalized spacial score (nSPS) is 14.9. The van der Waals surface area contributed by atoms with Crippen LogP contribution in [0.15, 0.2) is 53.5 Å². The first kappa shape index (κ1) is 36.4. The van der Waals surface area contributed by atoms with Crippen LogP contribution in [0.3, 0.4) is 0 Å². The van der Waals surface area contributed by atoms with Gasteiger partial charge in [-0.25, -0.2) is 9.78 Å². The minimum atomic E-state index is -5.33. The van der Waals surface area contributed by atoms with E-state index < -0.39 is 82.3 Å². The summed E-state index contributed by atoms with van der Waals surface area (Å²) in [7, 11) is 0. The van der Waals surface area contributed by atoms with Crippen molar-refractivity contribution in [3.63, 3.8) is 0 Å². The summed E-state index contributed by atoms with van der Waals surface area (Å²) in [5.41, 5.74) is -4.06. The second kappa shape index (κ2) is 14.6. The number of aromatic nitrogens is 1. The molecule has 0 spiro atoms. The lowest BCUT2D eigenvalue weighted by Gasteiger charge is -2.34. The third-order valence-corrected chi connectivity index (χ3v) is 6.66. The molecule has 0 aliphatic carbocycles. The number of anilines is 1. The Morgan fingerprint density at radius 2 is 1.61 bits per heavy atom. The van der Waals surface area contributed by atoms with Crippen LogP contribution < -0.4 is 16.2 Å². The van der Waals surface area contributed by atoms with Gasteiger partial charge >= 0.3 is 18.4 Å². The number of rotatable bonds is 10. The smallest absolute Gasteiger partial charge is 0.426 e. The SMILES string of the molecule is CC(C)(C)OC(=O)Nc1cc(C(F)(F)F)c(Br)nc1C(=O)NNC(=O)C(CCCC1OC=CO1)(OCc1ccccc1)C(F)(F)F. The molecule has 3 N–H and O–H groups in total. The van der Waals surface area contributed by atoms with Crippen molar-refractivity contribution in [1.82, 2.24) is 15.8 Å². The van der Waals surface area contributed by atoms with Crippen molar-refractivity contribution in [2.75, 3.05) is 5.32 Å². The minimum absolute atomic E-state index is 0.0671. The molecule has 0 saturated heterocycles. The highest BCUT2D eigenvalue weighted by Crippen LogP contribution is 2.40. The number of pyridine rings is 1. The van der Waals surface area contributed by atoms with Crippen LogP contribution in [0.5, 0.6) is 0 Å². The fourth-order valence-corrected chi connectivity index (χ4v) is 4.47. The lowest BCUT2D eigenvalue weighted by atomic mass is 9.94. The van der Waals surface area contributed by atoms with Crippen LogP contribution in [0, 0.1) is 0 Å². The molecule has 0 radical (unpaired) electrons. The van der Waals surface area contributed by atoms with Gasteiger partial charge in [0.05, 0.1) is 17.9 Å². The van der Waals surface area contributed by atoms with E-state index in [0.717, 1.165) is 0 Å². The third kappa shape index (κ3) is 9.72. The molecule has 0 bridgehead atoms. The number of ether oxygens (including phenoxy) is 4. The summed E-state index contributed by atoms with van der Waals surface area (Å²) >= 11 is 2.60. The molecular formula is C28H29BrF6N4O7. The molecule has 3 rings (SSSR count). The fraction of sp³-hybridized carbons (Fsp3) is 0.429. The molecular weight excluding hydrogens is 698 g/mol. The number of amides is 3. The van der Waals surface area contributed by atoms with Crippen molar-refractivity contribution in [2.45, 2.75) is 76.5 Å². The Bertz CT molecular complexity index is 1430. The lowest BCUT2D eigenvalue weighted by molar-refractivity contribution is -0.274. The molecule has 1 atom stereocenters. The van der Waals surface area contributed by atoms with E-state index >= 15 is 0 Å². The van der Waals surface area contributed by atoms with Crippen molar-refractivity contribution in [2.24, 2.45) is 0 Å². The number of carbonyl (C=O) groups is 3. The Morgan fingerprint density at radius 3 is 2.17 bits per heavy atom. The zero-order chi connectivity index (χ0) is 34.3. The van der Waals surface area contributed by atoms with E-state index in [1.807, 2.05) is 5.32 Å². The zero-order valence-electron chi connectivity index (χ0n) is 24.5. The summed E-state index contributed by atoms with van der Waals surface area (Å²) in [6.45, 7) is 3.74. The fourth-order valence-electron chi connectivity index (χ4n) is 3.95. The molecule has 1 aromatic carbocycles. The van der Waals surface area contributed by atoms with Crippen molar-refractivity contribution in [1.29, 1.82) is 0 Å². The molecule has 1 aromatic heterocycles. The van der Waals surface area contributed by atoms with E-state index in [2.05, 4.69) is 20.9 Å². The minimum Gasteiger partial charge on any atom is -0.459 e. The van der Waals surface area contributed by atoms with E-state index in [4.69, 9.17) is 18.9 Å². The summed E-state index contributed by atoms with van der Waals surface area (Å²) < 4.78 is 104. The van der Waals surface area contributed by atoms with Crippen LogP contribution in [-0.4, -0.2) is 46.6 Å². The maximum atomic E-state index is 14.7. The van der Waals surface area contributed by atoms with Gasteiger partial charge in [-0.3, -0.25) is 25.8 Å². The topological polar surface area (TPSA) is 137 Å². The molecule has 0 saturated carbocycles. The maximum absolute atomic E-state index is 14.7. The second-order valence-corrected chi connectivity index (χ2v) is 11.5. The van der Waals surface area contributed by atoms with Crippen molar-refractivity contribution >= 4 is 39.5 Å². The molecule has 46 heavy (non-hydrogen) atoms. The number of carbonyl (C=O) groups excluding carboxylic acids is 3. The third-order valence-electron chi connectivity index (χ3n) is 6.06. The average molecular weight is 727 g/mol. The lowest BCUT2D eigenvalue weighted by Crippen LogP contribution is -2.61. The molecule has 11 nitrogen and oxygen atoms in total. The monoisotopic (exact) mass is 726 g/mol. The van der Waals surface area contributed by atoms with Crippen molar-refractivity contribution in [3.8, 4) is 0 Å². The number of halogens is 7. The molecule has 2 aromatic rings. The molecule has 3 amide bonds. The van der Waals surface area contributed by atoms with E-state index in [1.54, 1.807) is 29.1 Å². The van der Waals surface area contributed by atoms with Gasteiger partial charge in [0.25, 0.3) is 11.8 Å². The van der Waals surface area contributed by atoms with Crippen LogP contribution in [0.4, 0.5) is 36.8 Å². The molecule has 1 aliphatic rings. The number of hydrogen-bond donors (Lipinski definition) is 3. The number of benzene rings is 1. The maximum Gasteiger partial charge on any atom is 0.426 e. The Morgan fingerprint density at radius 1 is 0.978 bits per heavy atom. The van der Waals surface area contributed by atoms with Gasteiger partial charge in [0.2, 0.25) is 11.9 Å². The van der Waals surface area contributed by atoms with Gasteiger partial charge in [0.15, 0.2) is 5.69 Å². The number of nitrogens with one attached hydrogen (secondary N) is 3. The Balaban J connectivity index is 1.89. The number of hydrazine groups is 1. The van der Waals surface area contributed by atoms with Crippen molar-refractivity contribution < 1.29 is 59.7 Å². The summed E-state index contributed by atoms with van der Waals surface area (Å²) in [4.78, 5) is 42.1. The Hall–Kier alpha value is -4.06. The van der Waals surface area contributed by atoms with Gasteiger partial charge in [-0.15, -0.1) is 0 Å². The standard InChI is InChI=1S/C28H29BrF6N4O7/c1-25(2,3)46-24(42)36-18-14-17(27(30,31)32)21(29)37-20(18)22(40)38-39-23(41)26(28(33,34)35,11-7-10-19-43-12-13-44-19)45-15-16-8-5-4-6-9-16/h4-6,8-9,12-14,19H,7,10-11,15H2,1-3H3,(H,36,42)(H,38,40)(H,39,41). The van der Waals surface area contributed by atoms with E-state index in [9.17, 15) is 40.7 Å². The predicted molar refractivity (Wildman–Crippen MR) is 151 cm³/mol. The van der Waals surface area contributed by atoms with E-state index in [-0.39, 0.29) is 12.8 Å². The Kier molecular flexibility index (Phi) is 11.5. The highest BCUT2D eigenvalue weighted by molar-refractivity contribution is 9.10. The molecule has 18 heteroatoms. The Labute approximate surface area is 267 Å². The van der Waals surface area contributed by atoms with Crippen LogP contribution in [0.1, 0.15) is 61.6 Å². The largest absolute Gasteiger partial charge is 0.459 e. The zero-order valence-corrected chi connectivity index (χ0v) is 26.1. The van der Waals surface area contributed by atoms with E-state index in [1.165, 1.54) is 45.4 Å². The molecule has 252 valence electrons. The molecule has 1 aliphatic heterocycles. The van der Waals surface area contributed by atoms with Gasteiger partial charge in [0.1, 0.15) is 22.7 Å². The first-order valence-corrected chi connectivity index (χ1v) is 14.2. The summed E-state index contributed by atoms with van der Waals surface area (Å²) in [6, 6.07) is 8.03. The van der Waals surface area contributed by atoms with Crippen LogP contribution in [0.2, 0.25) is 0 Å². The summed E-state index contributed by atoms with van der Waals surface area (Å²) in [5.74, 6) is -3.32. The van der Waals surface area contributed by atoms with Crippen LogP contribution in [-0.2, 0) is 36.5 Å². The highest BCUT2D eigenvalue weighted by Gasteiger charge is 2.61. The van der Waals surface area contributed by atoms with Gasteiger partial charge in [-0.1, -0.05) is 30.3 Å².